The van der Waals surface area contributed by atoms with Gasteiger partial charge < -0.3 is 9.32 Å². The molecule has 4 aromatic rings. The minimum absolute atomic E-state index is 0.841. The highest BCUT2D eigenvalue weighted by molar-refractivity contribution is 5.90. The van der Waals surface area contributed by atoms with Gasteiger partial charge in [0, 0.05) is 55.2 Å². The molecule has 32 heavy (non-hydrogen) atoms. The molecular weight excluding hydrogens is 392 g/mol. The van der Waals surface area contributed by atoms with E-state index in [9.17, 15) is 0 Å². The van der Waals surface area contributed by atoms with Crippen molar-refractivity contribution in [3.05, 3.63) is 72.1 Å². The predicted molar refractivity (Wildman–Crippen MR) is 136 cm³/mol. The van der Waals surface area contributed by atoms with Crippen LogP contribution in [0.5, 0.6) is 0 Å². The molecule has 0 spiro atoms. The molecule has 3 nitrogen and oxygen atoms in total. The summed E-state index contributed by atoms with van der Waals surface area (Å²) in [6, 6.07) is 19.3. The second-order valence-electron chi connectivity index (χ2n) is 8.02. The van der Waals surface area contributed by atoms with Crippen LogP contribution in [0.1, 0.15) is 44.4 Å². The van der Waals surface area contributed by atoms with Gasteiger partial charge in [-0.15, -0.1) is 12.3 Å². The van der Waals surface area contributed by atoms with E-state index < -0.39 is 0 Å². The summed E-state index contributed by atoms with van der Waals surface area (Å²) in [4.78, 5) is 2.33. The Bertz CT molecular complexity index is 1270. The van der Waals surface area contributed by atoms with Gasteiger partial charge in [0.15, 0.2) is 6.20 Å². The molecule has 0 saturated carbocycles. The molecule has 2 aromatic carbocycles. The molecule has 0 aliphatic carbocycles. The van der Waals surface area contributed by atoms with Crippen LogP contribution >= 0.6 is 0 Å². The second-order valence-corrected chi connectivity index (χ2v) is 8.02. The summed E-state index contributed by atoms with van der Waals surface area (Å²) in [6.45, 7) is 7.30. The van der Waals surface area contributed by atoms with Crippen molar-refractivity contribution in [3.63, 3.8) is 0 Å². The number of hydrogen-bond acceptors (Lipinski definition) is 2. The van der Waals surface area contributed by atoms with Crippen LogP contribution in [0.2, 0.25) is 0 Å². The fourth-order valence-electron chi connectivity index (χ4n) is 4.24. The fourth-order valence-corrected chi connectivity index (χ4v) is 4.24. The van der Waals surface area contributed by atoms with Crippen LogP contribution in [-0.4, -0.2) is 13.1 Å². The van der Waals surface area contributed by atoms with Crippen LogP contribution in [0.4, 0.5) is 5.69 Å². The molecule has 4 rings (SSSR count). The van der Waals surface area contributed by atoms with E-state index in [1.165, 1.54) is 22.2 Å². The van der Waals surface area contributed by atoms with E-state index in [1.54, 1.807) is 0 Å². The van der Waals surface area contributed by atoms with Crippen molar-refractivity contribution in [3.8, 4) is 12.3 Å². The number of anilines is 1. The first-order chi connectivity index (χ1) is 15.7. The van der Waals surface area contributed by atoms with Crippen molar-refractivity contribution in [2.75, 3.05) is 18.0 Å². The van der Waals surface area contributed by atoms with Crippen molar-refractivity contribution < 1.29 is 8.98 Å². The molecule has 0 N–H and O–H groups in total. The maximum atomic E-state index is 6.15. The molecule has 0 saturated heterocycles. The van der Waals surface area contributed by atoms with Crippen molar-refractivity contribution in [2.45, 2.75) is 39.7 Å². The normalized spacial score (nSPS) is 11.4. The van der Waals surface area contributed by atoms with Gasteiger partial charge in [-0.2, -0.15) is 4.57 Å². The third-order valence-electron chi connectivity index (χ3n) is 6.01. The number of terminal acetylenes is 1. The van der Waals surface area contributed by atoms with Crippen molar-refractivity contribution in [2.24, 2.45) is 0 Å². The van der Waals surface area contributed by atoms with Crippen molar-refractivity contribution in [1.29, 1.82) is 0 Å². The number of pyridine rings is 1. The molecule has 2 aromatic heterocycles. The minimum Gasteiger partial charge on any atom is -0.457 e. The molecule has 0 aliphatic heterocycles. The Labute approximate surface area is 191 Å². The number of nitrogens with zero attached hydrogens (tertiary/aromatic N) is 2. The maximum absolute atomic E-state index is 6.15. The molecule has 0 unspecified atom stereocenters. The lowest BCUT2D eigenvalue weighted by molar-refractivity contribution is -0.671. The Morgan fingerprint density at radius 3 is 2.66 bits per heavy atom. The number of para-hydroxylation sites is 1. The van der Waals surface area contributed by atoms with Gasteiger partial charge in [-0.3, -0.25) is 0 Å². The van der Waals surface area contributed by atoms with Crippen molar-refractivity contribution >= 4 is 39.7 Å². The number of hydrogen-bond donors (Lipinski definition) is 0. The van der Waals surface area contributed by atoms with E-state index in [0.717, 1.165) is 55.6 Å². The Morgan fingerprint density at radius 1 is 1.00 bits per heavy atom. The van der Waals surface area contributed by atoms with E-state index in [4.69, 9.17) is 10.8 Å². The summed E-state index contributed by atoms with van der Waals surface area (Å²) in [5.74, 6) is 3.59. The van der Waals surface area contributed by atoms with E-state index in [2.05, 4.69) is 102 Å². The van der Waals surface area contributed by atoms with Crippen molar-refractivity contribution in [1.82, 2.24) is 0 Å². The third kappa shape index (κ3) is 4.70. The number of aromatic nitrogens is 1. The first kappa shape index (κ1) is 21.7. The molecule has 2 heterocycles. The lowest BCUT2D eigenvalue weighted by Crippen LogP contribution is -2.34. The number of furan rings is 1. The standard InChI is InChI=1S/C29H31N2O/c1-4-7-8-11-19-31-20-18-23(27-12-9-10-13-28(27)31)15-17-26-21-24-14-16-25(22-29(24)32-26)30(5-2)6-3/h1,9-10,12-18,20-22H,5-8,11,19H2,2-3H3/q+1. The van der Waals surface area contributed by atoms with Crippen LogP contribution in [0.25, 0.3) is 34.0 Å². The van der Waals surface area contributed by atoms with Gasteiger partial charge in [0.05, 0.1) is 5.39 Å². The molecule has 0 aliphatic rings. The Morgan fingerprint density at radius 2 is 1.84 bits per heavy atom. The molecule has 0 atom stereocenters. The Balaban J connectivity index is 1.59. The Kier molecular flexibility index (Phi) is 6.92. The summed E-state index contributed by atoms with van der Waals surface area (Å²) in [7, 11) is 0. The van der Waals surface area contributed by atoms with E-state index in [1.807, 2.05) is 0 Å². The highest BCUT2D eigenvalue weighted by atomic mass is 16.3. The number of aryl methyl sites for hydroxylation is 1. The lowest BCUT2D eigenvalue weighted by atomic mass is 10.1. The molecule has 3 heteroatoms. The first-order valence-corrected chi connectivity index (χ1v) is 11.5. The summed E-state index contributed by atoms with van der Waals surface area (Å²) in [5, 5.41) is 2.37. The number of unbranched alkanes of at least 4 members (excludes halogenated alkanes) is 2. The van der Waals surface area contributed by atoms with Crippen LogP contribution < -0.4 is 9.47 Å². The molecule has 0 amide bonds. The van der Waals surface area contributed by atoms with Gasteiger partial charge in [0.2, 0.25) is 5.52 Å². The monoisotopic (exact) mass is 423 g/mol. The van der Waals surface area contributed by atoms with Gasteiger partial charge in [-0.05, 0) is 56.2 Å². The third-order valence-corrected chi connectivity index (χ3v) is 6.01. The average Bonchev–Trinajstić information content (AvgIpc) is 3.24. The van der Waals surface area contributed by atoms with Gasteiger partial charge >= 0.3 is 0 Å². The second kappa shape index (κ2) is 10.2. The van der Waals surface area contributed by atoms with Crippen LogP contribution in [0.3, 0.4) is 0 Å². The first-order valence-electron chi connectivity index (χ1n) is 11.5. The Hall–Kier alpha value is -3.51. The van der Waals surface area contributed by atoms with Gasteiger partial charge in [-0.1, -0.05) is 18.2 Å². The summed E-state index contributed by atoms with van der Waals surface area (Å²) in [6.07, 6.45) is 14.8. The molecule has 0 bridgehead atoms. The van der Waals surface area contributed by atoms with E-state index >= 15 is 0 Å². The van der Waals surface area contributed by atoms with Crippen LogP contribution in [-0.2, 0) is 6.54 Å². The zero-order valence-corrected chi connectivity index (χ0v) is 19.1. The molecule has 0 radical (unpaired) electrons. The van der Waals surface area contributed by atoms with Gasteiger partial charge in [0.1, 0.15) is 17.9 Å². The van der Waals surface area contributed by atoms with E-state index in [0.29, 0.717) is 0 Å². The number of rotatable bonds is 9. The smallest absolute Gasteiger partial charge is 0.213 e. The molecule has 162 valence electrons. The quantitative estimate of drug-likeness (QED) is 0.170. The van der Waals surface area contributed by atoms with E-state index in [-0.39, 0.29) is 0 Å². The van der Waals surface area contributed by atoms with Gasteiger partial charge in [0.25, 0.3) is 0 Å². The summed E-state index contributed by atoms with van der Waals surface area (Å²) < 4.78 is 8.47. The summed E-state index contributed by atoms with van der Waals surface area (Å²) >= 11 is 0. The zero-order valence-electron chi connectivity index (χ0n) is 19.1. The zero-order chi connectivity index (χ0) is 22.3. The minimum atomic E-state index is 0.841. The SMILES string of the molecule is C#CCCCC[n+]1ccc(/C=C/c2cc3ccc(N(CC)CC)cc3o2)c2ccccc21. The maximum Gasteiger partial charge on any atom is 0.213 e. The molecular formula is C29H31N2O+. The largest absolute Gasteiger partial charge is 0.457 e. The predicted octanol–water partition coefficient (Wildman–Crippen LogP) is 6.69. The van der Waals surface area contributed by atoms with Gasteiger partial charge in [-0.25, -0.2) is 0 Å². The highest BCUT2D eigenvalue weighted by Crippen LogP contribution is 2.27. The van der Waals surface area contributed by atoms with Crippen LogP contribution in [0.15, 0.2) is 65.2 Å². The average molecular weight is 424 g/mol. The molecule has 0 fully saturated rings. The number of fused-ring (bicyclic) bond motifs is 2. The fraction of sp³-hybridized carbons (Fsp3) is 0.276. The summed E-state index contributed by atoms with van der Waals surface area (Å²) in [5.41, 5.74) is 4.55. The number of benzene rings is 2. The lowest BCUT2D eigenvalue weighted by Gasteiger charge is -2.20. The van der Waals surface area contributed by atoms with Crippen LogP contribution in [0, 0.1) is 12.3 Å². The highest BCUT2D eigenvalue weighted by Gasteiger charge is 2.11. The topological polar surface area (TPSA) is 20.3 Å².